The maximum atomic E-state index is 12.2. The summed E-state index contributed by atoms with van der Waals surface area (Å²) in [6.45, 7) is 4.50. The Labute approximate surface area is 158 Å². The summed E-state index contributed by atoms with van der Waals surface area (Å²) >= 11 is 3.30. The first-order valence-electron chi connectivity index (χ1n) is 8.31. The number of nitrogens with zero attached hydrogens (tertiary/aromatic N) is 2. The number of thiophene rings is 2. The molecule has 0 aliphatic carbocycles. The minimum absolute atomic E-state index is 0.342. The Balaban J connectivity index is 1.78. The van der Waals surface area contributed by atoms with Gasteiger partial charge in [0.25, 0.3) is 0 Å². The Hall–Kier alpha value is -2.38. The van der Waals surface area contributed by atoms with Crippen molar-refractivity contribution in [3.05, 3.63) is 51.7 Å². The smallest absolute Gasteiger partial charge is 0.354 e. The van der Waals surface area contributed by atoms with Crippen molar-refractivity contribution in [1.82, 2.24) is 9.55 Å². The number of aryl methyl sites for hydroxylation is 2. The summed E-state index contributed by atoms with van der Waals surface area (Å²) in [5.41, 5.74) is 2.39. The van der Waals surface area contributed by atoms with Crippen LogP contribution >= 0.6 is 22.7 Å². The molecule has 0 saturated carbocycles. The van der Waals surface area contributed by atoms with Gasteiger partial charge in [-0.1, -0.05) is 13.0 Å². The van der Waals surface area contributed by atoms with Crippen LogP contribution in [0.25, 0.3) is 21.0 Å². The molecular formula is C19H18N2O3S2. The van der Waals surface area contributed by atoms with Crippen LogP contribution in [0.1, 0.15) is 33.7 Å². The van der Waals surface area contributed by atoms with Crippen molar-refractivity contribution in [2.24, 2.45) is 0 Å². The van der Waals surface area contributed by atoms with Crippen LogP contribution < -0.4 is 0 Å². The van der Waals surface area contributed by atoms with Crippen molar-refractivity contribution in [3.8, 4) is 10.8 Å². The molecule has 7 heteroatoms. The summed E-state index contributed by atoms with van der Waals surface area (Å²) in [5.74, 6) is 1.04. The van der Waals surface area contributed by atoms with E-state index in [1.165, 1.54) is 12.0 Å². The lowest BCUT2D eigenvalue weighted by Gasteiger charge is -2.07. The van der Waals surface area contributed by atoms with Gasteiger partial charge in [0.2, 0.25) is 5.89 Å². The molecule has 4 heterocycles. The molecule has 26 heavy (non-hydrogen) atoms. The molecule has 4 aromatic rings. The Morgan fingerprint density at radius 3 is 2.92 bits per heavy atom. The number of ether oxygens (including phenoxy) is 1. The minimum Gasteiger partial charge on any atom is -0.464 e. The third kappa shape index (κ3) is 2.87. The number of hydrogen-bond acceptors (Lipinski definition) is 6. The highest BCUT2D eigenvalue weighted by Gasteiger charge is 2.21. The molecule has 0 aromatic carbocycles. The maximum Gasteiger partial charge on any atom is 0.354 e. The molecule has 0 fully saturated rings. The molecule has 134 valence electrons. The van der Waals surface area contributed by atoms with Crippen LogP contribution in [0.5, 0.6) is 0 Å². The number of methoxy groups -OCH3 is 1. The molecule has 4 rings (SSSR count). The second-order valence-electron chi connectivity index (χ2n) is 5.92. The molecule has 0 saturated heterocycles. The Bertz CT molecular complexity index is 1070. The highest BCUT2D eigenvalue weighted by Crippen LogP contribution is 2.32. The van der Waals surface area contributed by atoms with Gasteiger partial charge in [0, 0.05) is 4.88 Å². The van der Waals surface area contributed by atoms with E-state index >= 15 is 0 Å². The molecule has 0 N–H and O–H groups in total. The van der Waals surface area contributed by atoms with Gasteiger partial charge in [-0.15, -0.1) is 22.7 Å². The summed E-state index contributed by atoms with van der Waals surface area (Å²) in [6.07, 6.45) is 0.971. The van der Waals surface area contributed by atoms with Gasteiger partial charge in [-0.05, 0) is 36.9 Å². The van der Waals surface area contributed by atoms with Crippen molar-refractivity contribution in [2.75, 3.05) is 7.11 Å². The molecule has 0 amide bonds. The first-order chi connectivity index (χ1) is 12.6. The lowest BCUT2D eigenvalue weighted by Crippen LogP contribution is -2.12. The van der Waals surface area contributed by atoms with Crippen molar-refractivity contribution < 1.29 is 13.9 Å². The predicted octanol–water partition coefficient (Wildman–Crippen LogP) is 5.13. The molecule has 0 atom stereocenters. The van der Waals surface area contributed by atoms with Gasteiger partial charge in [-0.3, -0.25) is 0 Å². The van der Waals surface area contributed by atoms with E-state index in [1.807, 2.05) is 35.1 Å². The predicted molar refractivity (Wildman–Crippen MR) is 104 cm³/mol. The molecule has 0 bridgehead atoms. The van der Waals surface area contributed by atoms with E-state index in [0.29, 0.717) is 18.1 Å². The van der Waals surface area contributed by atoms with E-state index in [2.05, 4.69) is 18.0 Å². The van der Waals surface area contributed by atoms with Gasteiger partial charge >= 0.3 is 5.97 Å². The zero-order valence-electron chi connectivity index (χ0n) is 14.7. The Morgan fingerprint density at radius 2 is 2.23 bits per heavy atom. The third-order valence-electron chi connectivity index (χ3n) is 4.32. The minimum atomic E-state index is -0.342. The number of carbonyl (C=O) groups is 1. The second kappa shape index (κ2) is 6.74. The second-order valence-corrected chi connectivity index (χ2v) is 8.04. The average molecular weight is 386 g/mol. The van der Waals surface area contributed by atoms with E-state index in [-0.39, 0.29) is 5.97 Å². The van der Waals surface area contributed by atoms with Gasteiger partial charge in [-0.25, -0.2) is 9.78 Å². The van der Waals surface area contributed by atoms with E-state index in [0.717, 1.165) is 33.0 Å². The van der Waals surface area contributed by atoms with Gasteiger partial charge in [0.1, 0.15) is 17.1 Å². The average Bonchev–Trinajstić information content (AvgIpc) is 3.39. The lowest BCUT2D eigenvalue weighted by atomic mass is 10.3. The summed E-state index contributed by atoms with van der Waals surface area (Å²) in [5, 5.41) is 2.00. The topological polar surface area (TPSA) is 57.3 Å². The lowest BCUT2D eigenvalue weighted by molar-refractivity contribution is 0.0589. The quantitative estimate of drug-likeness (QED) is 0.447. The van der Waals surface area contributed by atoms with Gasteiger partial charge in [-0.2, -0.15) is 0 Å². The zero-order valence-corrected chi connectivity index (χ0v) is 16.4. The van der Waals surface area contributed by atoms with Crippen LogP contribution in [-0.2, 0) is 17.7 Å². The number of hydrogen-bond donors (Lipinski definition) is 0. The number of aromatic nitrogens is 2. The van der Waals surface area contributed by atoms with Crippen LogP contribution in [0.4, 0.5) is 0 Å². The number of esters is 1. The molecule has 0 spiro atoms. The van der Waals surface area contributed by atoms with Crippen LogP contribution in [0, 0.1) is 6.92 Å². The summed E-state index contributed by atoms with van der Waals surface area (Å²) < 4.78 is 13.9. The molecule has 0 radical (unpaired) electrons. The van der Waals surface area contributed by atoms with Crippen LogP contribution in [0.2, 0.25) is 0 Å². The van der Waals surface area contributed by atoms with Crippen molar-refractivity contribution >= 4 is 38.9 Å². The first-order valence-corrected chi connectivity index (χ1v) is 10.0. The van der Waals surface area contributed by atoms with Crippen LogP contribution in [0.15, 0.2) is 34.1 Å². The van der Waals surface area contributed by atoms with Gasteiger partial charge in [0.05, 0.1) is 28.7 Å². The van der Waals surface area contributed by atoms with Gasteiger partial charge < -0.3 is 13.7 Å². The van der Waals surface area contributed by atoms with Crippen molar-refractivity contribution in [3.63, 3.8) is 0 Å². The zero-order chi connectivity index (χ0) is 18.3. The number of carbonyl (C=O) groups excluding carboxylic acids is 1. The van der Waals surface area contributed by atoms with E-state index in [4.69, 9.17) is 9.15 Å². The van der Waals surface area contributed by atoms with Crippen molar-refractivity contribution in [1.29, 1.82) is 0 Å². The number of rotatable bonds is 5. The Kier molecular flexibility index (Phi) is 4.42. The molecule has 5 nitrogen and oxygen atoms in total. The van der Waals surface area contributed by atoms with E-state index in [1.54, 1.807) is 22.7 Å². The molecule has 0 aliphatic rings. The van der Waals surface area contributed by atoms with Crippen molar-refractivity contribution in [2.45, 2.75) is 26.8 Å². The summed E-state index contributed by atoms with van der Waals surface area (Å²) in [4.78, 5) is 19.2. The third-order valence-corrected chi connectivity index (χ3v) is 6.39. The van der Waals surface area contributed by atoms with Crippen LogP contribution in [0.3, 0.4) is 0 Å². The first kappa shape index (κ1) is 17.1. The molecular weight excluding hydrogens is 368 g/mol. The molecule has 0 aliphatic heterocycles. The van der Waals surface area contributed by atoms with E-state index < -0.39 is 0 Å². The van der Waals surface area contributed by atoms with E-state index in [9.17, 15) is 4.79 Å². The highest BCUT2D eigenvalue weighted by atomic mass is 32.1. The number of oxazole rings is 1. The normalized spacial score (nSPS) is 11.3. The SMILES string of the molecule is CCc1cc2c(cc(C(=O)OC)n2Cc2nc(-c3cccs3)oc2C)s1. The van der Waals surface area contributed by atoms with Crippen LogP contribution in [-0.4, -0.2) is 22.6 Å². The maximum absolute atomic E-state index is 12.2. The fraction of sp³-hybridized carbons (Fsp3) is 0.263. The molecule has 0 unspecified atom stereocenters. The fourth-order valence-electron chi connectivity index (χ4n) is 2.94. The number of fused-ring (bicyclic) bond motifs is 1. The fourth-order valence-corrected chi connectivity index (χ4v) is 4.63. The Morgan fingerprint density at radius 1 is 1.38 bits per heavy atom. The largest absolute Gasteiger partial charge is 0.464 e. The summed E-state index contributed by atoms with van der Waals surface area (Å²) in [7, 11) is 1.40. The standard InChI is InChI=1S/C19H18N2O3S2/c1-4-12-8-14-17(26-12)9-15(19(22)23-3)21(14)10-13-11(2)24-18(20-13)16-6-5-7-25-16/h5-9H,4,10H2,1-3H3. The highest BCUT2D eigenvalue weighted by molar-refractivity contribution is 7.19. The monoisotopic (exact) mass is 386 g/mol. The molecule has 4 aromatic heterocycles. The summed E-state index contributed by atoms with van der Waals surface area (Å²) in [6, 6.07) is 8.00. The van der Waals surface area contributed by atoms with Gasteiger partial charge in [0.15, 0.2) is 0 Å².